The molecule has 5 nitrogen and oxygen atoms in total. The molecule has 0 spiro atoms. The summed E-state index contributed by atoms with van der Waals surface area (Å²) in [6.45, 7) is 0.618. The lowest BCUT2D eigenvalue weighted by Crippen LogP contribution is -1.99. The molecule has 0 fully saturated rings. The molecule has 0 aliphatic carbocycles. The van der Waals surface area contributed by atoms with Crippen LogP contribution in [-0.2, 0) is 6.54 Å². The van der Waals surface area contributed by atoms with E-state index >= 15 is 0 Å². The first-order chi connectivity index (χ1) is 7.36. The molecule has 1 aromatic carbocycles. The van der Waals surface area contributed by atoms with Crippen molar-refractivity contribution < 1.29 is 9.47 Å². The van der Waals surface area contributed by atoms with Gasteiger partial charge in [0.15, 0.2) is 11.5 Å². The van der Waals surface area contributed by atoms with Crippen LogP contribution in [0, 0.1) is 12.3 Å². The van der Waals surface area contributed by atoms with E-state index in [4.69, 9.17) is 15.9 Å². The zero-order chi connectivity index (χ0) is 10.3. The molecule has 0 atom stereocenters. The van der Waals surface area contributed by atoms with Crippen molar-refractivity contribution >= 4 is 11.0 Å². The Labute approximate surface area is 85.6 Å². The Morgan fingerprint density at radius 2 is 1.87 bits per heavy atom. The molecule has 0 saturated heterocycles. The van der Waals surface area contributed by atoms with Gasteiger partial charge in [-0.1, -0.05) is 5.92 Å². The van der Waals surface area contributed by atoms with E-state index in [-0.39, 0.29) is 6.79 Å². The van der Waals surface area contributed by atoms with E-state index in [1.807, 2.05) is 0 Å². The van der Waals surface area contributed by atoms with Gasteiger partial charge in [-0.05, 0) is 0 Å². The average molecular weight is 201 g/mol. The monoisotopic (exact) mass is 201 g/mol. The Kier molecular flexibility index (Phi) is 1.56. The predicted octanol–water partition coefficient (Wildman–Crippen LogP) is 0.793. The Hall–Kier alpha value is -2.22. The molecule has 1 aliphatic heterocycles. The maximum absolute atomic E-state index is 5.24. The number of terminal acetylenes is 1. The summed E-state index contributed by atoms with van der Waals surface area (Å²) in [5.74, 6) is 3.89. The molecule has 0 unspecified atom stereocenters. The Morgan fingerprint density at radius 1 is 1.27 bits per heavy atom. The van der Waals surface area contributed by atoms with Gasteiger partial charge in [-0.2, -0.15) is 15.0 Å². The van der Waals surface area contributed by atoms with Crippen LogP contribution >= 0.6 is 0 Å². The van der Waals surface area contributed by atoms with Crippen molar-refractivity contribution in [1.29, 1.82) is 0 Å². The number of aromatic nitrogens is 3. The van der Waals surface area contributed by atoms with Gasteiger partial charge in [0.1, 0.15) is 17.6 Å². The molecule has 1 aromatic heterocycles. The summed E-state index contributed by atoms with van der Waals surface area (Å²) in [5.41, 5.74) is 1.52. The first-order valence-electron chi connectivity index (χ1n) is 4.45. The highest BCUT2D eigenvalue weighted by Crippen LogP contribution is 2.34. The van der Waals surface area contributed by atoms with Gasteiger partial charge in [-0.25, -0.2) is 0 Å². The standard InChI is InChI=1S/C10H7N3O2/c1-2-3-13-11-7-4-9-10(15-6-14-9)5-8(7)12-13/h1,4-5H,3,6H2. The molecule has 1 aliphatic rings. The summed E-state index contributed by atoms with van der Waals surface area (Å²) < 4.78 is 10.5. The summed E-state index contributed by atoms with van der Waals surface area (Å²) in [5, 5.41) is 8.41. The van der Waals surface area contributed by atoms with Crippen molar-refractivity contribution in [3.8, 4) is 23.8 Å². The predicted molar refractivity (Wildman–Crippen MR) is 52.5 cm³/mol. The molecule has 74 valence electrons. The molecule has 0 amide bonds. The maximum Gasteiger partial charge on any atom is 0.231 e. The van der Waals surface area contributed by atoms with Gasteiger partial charge in [-0.3, -0.25) is 0 Å². The number of hydrogen-bond acceptors (Lipinski definition) is 4. The summed E-state index contributed by atoms with van der Waals surface area (Å²) in [6.07, 6.45) is 5.18. The van der Waals surface area contributed by atoms with E-state index in [0.29, 0.717) is 18.0 Å². The number of benzene rings is 1. The SMILES string of the molecule is C#CCn1nc2cc3c(cc2n1)OCO3. The largest absolute Gasteiger partial charge is 0.454 e. The lowest BCUT2D eigenvalue weighted by molar-refractivity contribution is 0.174. The van der Waals surface area contributed by atoms with E-state index < -0.39 is 0 Å². The fourth-order valence-electron chi connectivity index (χ4n) is 1.50. The van der Waals surface area contributed by atoms with Crippen molar-refractivity contribution in [3.05, 3.63) is 12.1 Å². The fraction of sp³-hybridized carbons (Fsp3) is 0.200. The molecule has 0 radical (unpaired) electrons. The minimum Gasteiger partial charge on any atom is -0.454 e. The van der Waals surface area contributed by atoms with E-state index in [0.717, 1.165) is 11.0 Å². The highest BCUT2D eigenvalue weighted by Gasteiger charge is 2.16. The normalized spacial score (nSPS) is 13.0. The van der Waals surface area contributed by atoms with E-state index in [9.17, 15) is 0 Å². The van der Waals surface area contributed by atoms with Crippen LogP contribution in [0.2, 0.25) is 0 Å². The minimum absolute atomic E-state index is 0.256. The van der Waals surface area contributed by atoms with Crippen LogP contribution in [0.5, 0.6) is 11.5 Å². The quantitative estimate of drug-likeness (QED) is 0.640. The highest BCUT2D eigenvalue weighted by molar-refractivity contribution is 5.78. The van der Waals surface area contributed by atoms with Gasteiger partial charge in [0.05, 0.1) is 0 Å². The summed E-state index contributed by atoms with van der Waals surface area (Å²) in [6, 6.07) is 3.61. The molecular formula is C10H7N3O2. The summed E-state index contributed by atoms with van der Waals surface area (Å²) >= 11 is 0. The van der Waals surface area contributed by atoms with E-state index in [2.05, 4.69) is 16.1 Å². The van der Waals surface area contributed by atoms with Crippen molar-refractivity contribution in [3.63, 3.8) is 0 Å². The van der Waals surface area contributed by atoms with Crippen LogP contribution in [0.3, 0.4) is 0 Å². The van der Waals surface area contributed by atoms with Gasteiger partial charge in [-0.15, -0.1) is 6.42 Å². The topological polar surface area (TPSA) is 49.2 Å². The minimum atomic E-state index is 0.256. The number of fused-ring (bicyclic) bond motifs is 2. The molecule has 5 heteroatoms. The first-order valence-corrected chi connectivity index (χ1v) is 4.45. The molecule has 0 N–H and O–H groups in total. The lowest BCUT2D eigenvalue weighted by Gasteiger charge is -1.92. The van der Waals surface area contributed by atoms with Gasteiger partial charge < -0.3 is 9.47 Å². The summed E-state index contributed by atoms with van der Waals surface area (Å²) in [7, 11) is 0. The van der Waals surface area contributed by atoms with Crippen molar-refractivity contribution in [2.24, 2.45) is 0 Å². The van der Waals surface area contributed by atoms with Gasteiger partial charge >= 0.3 is 0 Å². The second kappa shape index (κ2) is 2.89. The zero-order valence-corrected chi connectivity index (χ0v) is 7.80. The Morgan fingerprint density at radius 3 is 2.40 bits per heavy atom. The first kappa shape index (κ1) is 8.12. The third-order valence-electron chi connectivity index (χ3n) is 2.15. The van der Waals surface area contributed by atoms with Gasteiger partial charge in [0, 0.05) is 12.1 Å². The van der Waals surface area contributed by atoms with Gasteiger partial charge in [0.2, 0.25) is 6.79 Å². The van der Waals surface area contributed by atoms with Crippen LogP contribution in [0.15, 0.2) is 12.1 Å². The Balaban J connectivity index is 2.17. The number of ether oxygens (including phenoxy) is 2. The number of nitrogens with zero attached hydrogens (tertiary/aromatic N) is 3. The highest BCUT2D eigenvalue weighted by atomic mass is 16.7. The van der Waals surface area contributed by atoms with Gasteiger partial charge in [0.25, 0.3) is 0 Å². The second-order valence-electron chi connectivity index (χ2n) is 3.13. The molecule has 0 saturated carbocycles. The molecule has 15 heavy (non-hydrogen) atoms. The second-order valence-corrected chi connectivity index (χ2v) is 3.13. The van der Waals surface area contributed by atoms with Crippen molar-refractivity contribution in [2.45, 2.75) is 6.54 Å². The van der Waals surface area contributed by atoms with Crippen LogP contribution < -0.4 is 9.47 Å². The third-order valence-corrected chi connectivity index (χ3v) is 2.15. The Bertz CT molecular complexity index is 527. The van der Waals surface area contributed by atoms with E-state index in [1.165, 1.54) is 4.80 Å². The third kappa shape index (κ3) is 1.19. The maximum atomic E-state index is 5.24. The van der Waals surface area contributed by atoms with Crippen molar-refractivity contribution in [2.75, 3.05) is 6.79 Å². The van der Waals surface area contributed by atoms with Crippen LogP contribution in [-0.4, -0.2) is 21.8 Å². The van der Waals surface area contributed by atoms with Crippen LogP contribution in [0.1, 0.15) is 0 Å². The van der Waals surface area contributed by atoms with Crippen LogP contribution in [0.25, 0.3) is 11.0 Å². The number of hydrogen-bond donors (Lipinski definition) is 0. The smallest absolute Gasteiger partial charge is 0.231 e. The molecule has 3 rings (SSSR count). The zero-order valence-electron chi connectivity index (χ0n) is 7.80. The molecule has 0 bridgehead atoms. The van der Waals surface area contributed by atoms with Crippen molar-refractivity contribution in [1.82, 2.24) is 15.0 Å². The molecule has 2 aromatic rings. The summed E-state index contributed by atoms with van der Waals surface area (Å²) in [4.78, 5) is 1.47. The average Bonchev–Trinajstić information content (AvgIpc) is 2.78. The van der Waals surface area contributed by atoms with E-state index in [1.54, 1.807) is 12.1 Å². The van der Waals surface area contributed by atoms with Crippen LogP contribution in [0.4, 0.5) is 0 Å². The molecule has 2 heterocycles. The fourth-order valence-corrected chi connectivity index (χ4v) is 1.50. The number of rotatable bonds is 1. The lowest BCUT2D eigenvalue weighted by atomic mass is 10.3. The molecular weight excluding hydrogens is 194 g/mol.